The Balaban J connectivity index is 2.00. The van der Waals surface area contributed by atoms with Gasteiger partial charge < -0.3 is 15.2 Å². The van der Waals surface area contributed by atoms with Gasteiger partial charge in [-0.05, 0) is 30.3 Å². The maximum atomic E-state index is 5.67. The molecule has 100 valence electrons. The summed E-state index contributed by atoms with van der Waals surface area (Å²) >= 11 is 1.75. The van der Waals surface area contributed by atoms with Gasteiger partial charge in [-0.2, -0.15) is 0 Å². The highest BCUT2D eigenvalue weighted by atomic mass is 32.2. The van der Waals surface area contributed by atoms with Crippen LogP contribution in [0.3, 0.4) is 0 Å². The highest BCUT2D eigenvalue weighted by molar-refractivity contribution is 7.98. The Morgan fingerprint density at radius 2 is 1.79 bits per heavy atom. The number of ether oxygens (including phenoxy) is 2. The molecule has 0 aliphatic carbocycles. The minimum Gasteiger partial charge on any atom is -0.467 e. The number of para-hydroxylation sites is 1. The Morgan fingerprint density at radius 3 is 2.53 bits per heavy atom. The Morgan fingerprint density at radius 1 is 1.05 bits per heavy atom. The molecule has 2 aromatic carbocycles. The van der Waals surface area contributed by atoms with Gasteiger partial charge in [-0.1, -0.05) is 18.2 Å². The molecule has 0 unspecified atom stereocenters. The van der Waals surface area contributed by atoms with Gasteiger partial charge in [0.1, 0.15) is 5.75 Å². The summed E-state index contributed by atoms with van der Waals surface area (Å²) in [5, 5.41) is 0. The topological polar surface area (TPSA) is 44.5 Å². The van der Waals surface area contributed by atoms with Crippen LogP contribution < -0.4 is 10.5 Å². The van der Waals surface area contributed by atoms with Crippen LogP contribution in [0.15, 0.2) is 53.4 Å². The number of thioether (sulfide) groups is 1. The monoisotopic (exact) mass is 275 g/mol. The Hall–Kier alpha value is -1.65. The maximum Gasteiger partial charge on any atom is 0.188 e. The first kappa shape index (κ1) is 13.8. The molecule has 2 N–H and O–H groups in total. The van der Waals surface area contributed by atoms with Crippen LogP contribution in [0.25, 0.3) is 0 Å². The first-order valence-corrected chi connectivity index (χ1v) is 6.96. The number of hydrogen-bond acceptors (Lipinski definition) is 4. The minimum atomic E-state index is 0.267. The summed E-state index contributed by atoms with van der Waals surface area (Å²) in [6, 6.07) is 15.9. The van der Waals surface area contributed by atoms with Crippen molar-refractivity contribution in [2.45, 2.75) is 10.6 Å². The van der Waals surface area contributed by atoms with Crippen LogP contribution >= 0.6 is 11.8 Å². The minimum absolute atomic E-state index is 0.267. The highest BCUT2D eigenvalue weighted by Crippen LogP contribution is 2.28. The molecular weight excluding hydrogens is 258 g/mol. The van der Waals surface area contributed by atoms with Crippen molar-refractivity contribution in [1.29, 1.82) is 0 Å². The van der Waals surface area contributed by atoms with E-state index < -0.39 is 0 Å². The van der Waals surface area contributed by atoms with E-state index in [1.54, 1.807) is 18.9 Å². The van der Waals surface area contributed by atoms with Crippen LogP contribution in [0.2, 0.25) is 0 Å². The zero-order valence-corrected chi connectivity index (χ0v) is 11.7. The van der Waals surface area contributed by atoms with Crippen LogP contribution in [0.1, 0.15) is 5.56 Å². The molecule has 3 nitrogen and oxygen atoms in total. The Labute approximate surface area is 117 Å². The van der Waals surface area contributed by atoms with Crippen molar-refractivity contribution in [3.63, 3.8) is 0 Å². The normalized spacial score (nSPS) is 10.4. The summed E-state index contributed by atoms with van der Waals surface area (Å²) in [5.74, 6) is 1.72. The lowest BCUT2D eigenvalue weighted by Crippen LogP contribution is -2.01. The van der Waals surface area contributed by atoms with Gasteiger partial charge in [0.2, 0.25) is 0 Å². The second-order valence-electron chi connectivity index (χ2n) is 4.02. The molecule has 0 aromatic heterocycles. The molecule has 0 bridgehead atoms. The maximum absolute atomic E-state index is 5.67. The van der Waals surface area contributed by atoms with E-state index >= 15 is 0 Å². The second kappa shape index (κ2) is 7.07. The molecule has 0 saturated heterocycles. The van der Waals surface area contributed by atoms with Crippen LogP contribution in [0.4, 0.5) is 5.69 Å². The third kappa shape index (κ3) is 4.19. The molecule has 2 aromatic rings. The fourth-order valence-electron chi connectivity index (χ4n) is 1.61. The SMILES string of the molecule is COCOc1ccccc1CSc1ccc(N)cc1. The van der Waals surface area contributed by atoms with Gasteiger partial charge in [-0.15, -0.1) is 11.8 Å². The summed E-state index contributed by atoms with van der Waals surface area (Å²) in [6.07, 6.45) is 0. The van der Waals surface area contributed by atoms with Gasteiger partial charge in [0.15, 0.2) is 6.79 Å². The largest absolute Gasteiger partial charge is 0.467 e. The number of methoxy groups -OCH3 is 1. The Bertz CT molecular complexity index is 514. The number of anilines is 1. The van der Waals surface area contributed by atoms with Crippen molar-refractivity contribution < 1.29 is 9.47 Å². The van der Waals surface area contributed by atoms with E-state index in [9.17, 15) is 0 Å². The summed E-state index contributed by atoms with van der Waals surface area (Å²) in [5.41, 5.74) is 7.61. The van der Waals surface area contributed by atoms with E-state index in [1.807, 2.05) is 42.5 Å². The zero-order valence-electron chi connectivity index (χ0n) is 10.8. The fourth-order valence-corrected chi connectivity index (χ4v) is 2.50. The molecular formula is C15H17NO2S. The van der Waals surface area contributed by atoms with E-state index in [0.29, 0.717) is 0 Å². The molecule has 0 atom stereocenters. The standard InChI is InChI=1S/C15H17NO2S/c1-17-11-18-15-5-3-2-4-12(15)10-19-14-8-6-13(16)7-9-14/h2-9H,10-11,16H2,1H3. The molecule has 0 spiro atoms. The lowest BCUT2D eigenvalue weighted by atomic mass is 10.2. The fraction of sp³-hybridized carbons (Fsp3) is 0.200. The molecule has 0 saturated carbocycles. The number of rotatable bonds is 6. The van der Waals surface area contributed by atoms with Crippen molar-refractivity contribution in [2.24, 2.45) is 0 Å². The van der Waals surface area contributed by atoms with Crippen LogP contribution in [0, 0.1) is 0 Å². The van der Waals surface area contributed by atoms with Crippen molar-refractivity contribution in [3.8, 4) is 5.75 Å². The molecule has 0 heterocycles. The first-order chi connectivity index (χ1) is 9.29. The molecule has 19 heavy (non-hydrogen) atoms. The Kier molecular flexibility index (Phi) is 5.12. The van der Waals surface area contributed by atoms with Gasteiger partial charge >= 0.3 is 0 Å². The average Bonchev–Trinajstić information content (AvgIpc) is 2.45. The predicted octanol–water partition coefficient (Wildman–Crippen LogP) is 3.54. The van der Waals surface area contributed by atoms with E-state index in [4.69, 9.17) is 15.2 Å². The van der Waals surface area contributed by atoms with Crippen LogP contribution in [-0.4, -0.2) is 13.9 Å². The third-order valence-electron chi connectivity index (χ3n) is 2.58. The summed E-state index contributed by atoms with van der Waals surface area (Å²) in [4.78, 5) is 1.19. The molecule has 0 aliphatic rings. The van der Waals surface area contributed by atoms with E-state index in [-0.39, 0.29) is 6.79 Å². The van der Waals surface area contributed by atoms with Gasteiger partial charge in [0.25, 0.3) is 0 Å². The van der Waals surface area contributed by atoms with Crippen molar-refractivity contribution in [2.75, 3.05) is 19.6 Å². The highest BCUT2D eigenvalue weighted by Gasteiger charge is 2.03. The van der Waals surface area contributed by atoms with E-state index in [0.717, 1.165) is 22.8 Å². The molecule has 0 aliphatic heterocycles. The van der Waals surface area contributed by atoms with Gasteiger partial charge in [-0.25, -0.2) is 0 Å². The molecule has 0 fully saturated rings. The second-order valence-corrected chi connectivity index (χ2v) is 5.07. The van der Waals surface area contributed by atoms with E-state index in [2.05, 4.69) is 6.07 Å². The summed E-state index contributed by atoms with van der Waals surface area (Å²) < 4.78 is 10.5. The summed E-state index contributed by atoms with van der Waals surface area (Å²) in [7, 11) is 1.62. The number of benzene rings is 2. The predicted molar refractivity (Wildman–Crippen MR) is 79.4 cm³/mol. The average molecular weight is 275 g/mol. The lowest BCUT2D eigenvalue weighted by Gasteiger charge is -2.10. The molecule has 0 radical (unpaired) electrons. The molecule has 2 rings (SSSR count). The number of hydrogen-bond donors (Lipinski definition) is 1. The first-order valence-electron chi connectivity index (χ1n) is 5.97. The summed E-state index contributed by atoms with van der Waals surface area (Å²) in [6.45, 7) is 0.267. The van der Waals surface area contributed by atoms with Crippen LogP contribution in [-0.2, 0) is 10.5 Å². The van der Waals surface area contributed by atoms with Crippen LogP contribution in [0.5, 0.6) is 5.75 Å². The zero-order chi connectivity index (χ0) is 13.5. The van der Waals surface area contributed by atoms with Crippen molar-refractivity contribution >= 4 is 17.4 Å². The smallest absolute Gasteiger partial charge is 0.188 e. The van der Waals surface area contributed by atoms with Crippen molar-refractivity contribution in [1.82, 2.24) is 0 Å². The number of nitrogens with two attached hydrogens (primary N) is 1. The third-order valence-corrected chi connectivity index (χ3v) is 3.64. The molecule has 4 heteroatoms. The quantitative estimate of drug-likeness (QED) is 0.497. The van der Waals surface area contributed by atoms with Gasteiger partial charge in [-0.3, -0.25) is 0 Å². The lowest BCUT2D eigenvalue weighted by molar-refractivity contribution is 0.0506. The molecule has 0 amide bonds. The van der Waals surface area contributed by atoms with Gasteiger partial charge in [0.05, 0.1) is 0 Å². The van der Waals surface area contributed by atoms with E-state index in [1.165, 1.54) is 4.90 Å². The van der Waals surface area contributed by atoms with Crippen molar-refractivity contribution in [3.05, 3.63) is 54.1 Å². The number of nitrogen functional groups attached to an aromatic ring is 1. The van der Waals surface area contributed by atoms with Gasteiger partial charge in [0, 0.05) is 29.0 Å².